The molecular weight excluding hydrogens is 466 g/mol. The summed E-state index contributed by atoms with van der Waals surface area (Å²) in [6.45, 7) is 0. The number of hydrogen-bond acceptors (Lipinski definition) is 9. The Hall–Kier alpha value is -0.128. The zero-order valence-electron chi connectivity index (χ0n) is 16.4. The van der Waals surface area contributed by atoms with E-state index in [1.54, 1.807) is 35.3 Å². The minimum absolute atomic E-state index is 0. The van der Waals surface area contributed by atoms with Gasteiger partial charge in [-0.05, 0) is 55.3 Å². The third-order valence-corrected chi connectivity index (χ3v) is 4.78. The van der Waals surface area contributed by atoms with Crippen LogP contribution in [0.25, 0.3) is 0 Å². The Kier molecular flexibility index (Phi) is 31.4. The monoisotopic (exact) mass is 499 g/mol. The Bertz CT molecular complexity index is 354. The van der Waals surface area contributed by atoms with Crippen molar-refractivity contribution < 1.29 is 47.1 Å². The van der Waals surface area contributed by atoms with Crippen molar-refractivity contribution in [1.82, 2.24) is 0 Å². The Morgan fingerprint density at radius 2 is 0.821 bits per heavy atom. The fraction of sp³-hybridized carbons (Fsp3) is 0.800. The molecule has 0 fully saturated rings. The molecular formula is C15H33CrN3O6S3. The third kappa shape index (κ3) is 28.1. The summed E-state index contributed by atoms with van der Waals surface area (Å²) in [5.74, 6) is -0.300. The number of carboxylic acids is 3. The summed E-state index contributed by atoms with van der Waals surface area (Å²) < 4.78 is 0. The van der Waals surface area contributed by atoms with Crippen molar-refractivity contribution >= 4 is 53.2 Å². The molecule has 0 amide bonds. The maximum atomic E-state index is 10.1. The van der Waals surface area contributed by atoms with Gasteiger partial charge in [0.05, 0.1) is 0 Å². The second-order valence-electron chi connectivity index (χ2n) is 5.18. The number of aliphatic carboxylic acids is 3. The van der Waals surface area contributed by atoms with E-state index in [2.05, 4.69) is 0 Å². The fourth-order valence-electron chi connectivity index (χ4n) is 1.10. The van der Waals surface area contributed by atoms with E-state index in [1.807, 2.05) is 18.8 Å². The van der Waals surface area contributed by atoms with Gasteiger partial charge in [-0.1, -0.05) is 0 Å². The Morgan fingerprint density at radius 1 is 0.643 bits per heavy atom. The van der Waals surface area contributed by atoms with Gasteiger partial charge < -0.3 is 32.5 Å². The van der Waals surface area contributed by atoms with Gasteiger partial charge in [-0.15, -0.1) is 0 Å². The van der Waals surface area contributed by atoms with Crippen molar-refractivity contribution in [3.63, 3.8) is 0 Å². The van der Waals surface area contributed by atoms with E-state index < -0.39 is 36.0 Å². The molecule has 168 valence electrons. The molecule has 28 heavy (non-hydrogen) atoms. The van der Waals surface area contributed by atoms with Crippen LogP contribution in [-0.4, -0.2) is 87.4 Å². The molecule has 0 radical (unpaired) electrons. The zero-order chi connectivity index (χ0) is 21.8. The molecule has 0 saturated heterocycles. The topological polar surface area (TPSA) is 190 Å². The third-order valence-electron chi connectivity index (χ3n) is 2.85. The van der Waals surface area contributed by atoms with Gasteiger partial charge in [-0.2, -0.15) is 35.3 Å². The van der Waals surface area contributed by atoms with E-state index in [-0.39, 0.29) is 17.4 Å². The van der Waals surface area contributed by atoms with Crippen LogP contribution in [0.3, 0.4) is 0 Å². The fourth-order valence-corrected chi connectivity index (χ4v) is 2.57. The summed E-state index contributed by atoms with van der Waals surface area (Å²) in [5, 5.41) is 24.8. The molecule has 3 unspecified atom stereocenters. The number of thioether (sulfide) groups is 3. The Balaban J connectivity index is -0.000000152. The maximum absolute atomic E-state index is 10.1. The van der Waals surface area contributed by atoms with Crippen molar-refractivity contribution in [2.45, 2.75) is 37.4 Å². The number of carboxylic acid groups (broad SMARTS) is 3. The van der Waals surface area contributed by atoms with E-state index >= 15 is 0 Å². The summed E-state index contributed by atoms with van der Waals surface area (Å²) in [7, 11) is 0. The van der Waals surface area contributed by atoms with Crippen LogP contribution in [0.15, 0.2) is 0 Å². The predicted molar refractivity (Wildman–Crippen MR) is 116 cm³/mol. The van der Waals surface area contributed by atoms with Crippen LogP contribution in [0.1, 0.15) is 19.3 Å². The van der Waals surface area contributed by atoms with Crippen LogP contribution in [0.2, 0.25) is 0 Å². The molecule has 0 aromatic rings. The molecule has 0 aromatic heterocycles. The van der Waals surface area contributed by atoms with E-state index in [0.717, 1.165) is 17.3 Å². The SMILES string of the molecule is CSCCC(N)C(=O)O.CSCCC(N)C(=O)O.CSCCC(N)C(=O)O.[Cr]. The molecule has 0 aromatic carbocycles. The molecule has 0 aliphatic rings. The van der Waals surface area contributed by atoms with Crippen molar-refractivity contribution in [1.29, 1.82) is 0 Å². The van der Waals surface area contributed by atoms with Crippen LogP contribution in [-0.2, 0) is 31.7 Å². The van der Waals surface area contributed by atoms with Crippen LogP contribution in [0.4, 0.5) is 0 Å². The molecule has 0 aliphatic carbocycles. The number of rotatable bonds is 12. The molecule has 0 rings (SSSR count). The average molecular weight is 500 g/mol. The Morgan fingerprint density at radius 3 is 0.929 bits per heavy atom. The minimum Gasteiger partial charge on any atom is -0.480 e. The van der Waals surface area contributed by atoms with E-state index in [9.17, 15) is 14.4 Å². The zero-order valence-corrected chi connectivity index (χ0v) is 20.1. The van der Waals surface area contributed by atoms with Crippen LogP contribution in [0, 0.1) is 0 Å². The molecule has 0 aliphatic heterocycles. The molecule has 13 heteroatoms. The largest absolute Gasteiger partial charge is 0.480 e. The first-order valence-electron chi connectivity index (χ1n) is 7.96. The van der Waals surface area contributed by atoms with E-state index in [4.69, 9.17) is 32.5 Å². The van der Waals surface area contributed by atoms with Gasteiger partial charge in [-0.25, -0.2) is 0 Å². The van der Waals surface area contributed by atoms with Gasteiger partial charge >= 0.3 is 17.9 Å². The number of carbonyl (C=O) groups is 3. The second kappa shape index (κ2) is 24.9. The van der Waals surface area contributed by atoms with Gasteiger partial charge in [0.1, 0.15) is 18.1 Å². The summed E-state index contributed by atoms with van der Waals surface area (Å²) in [5.41, 5.74) is 15.6. The summed E-state index contributed by atoms with van der Waals surface area (Å²) >= 11 is 4.81. The quantitative estimate of drug-likeness (QED) is 0.218. The van der Waals surface area contributed by atoms with Crippen LogP contribution < -0.4 is 17.2 Å². The number of hydrogen-bond donors (Lipinski definition) is 6. The van der Waals surface area contributed by atoms with Crippen molar-refractivity contribution in [3.8, 4) is 0 Å². The average Bonchev–Trinajstić information content (AvgIpc) is 2.62. The Labute approximate surface area is 190 Å². The van der Waals surface area contributed by atoms with E-state index in [1.165, 1.54) is 0 Å². The summed E-state index contributed by atoms with van der Waals surface area (Å²) in [6, 6.07) is -2.05. The molecule has 0 heterocycles. The minimum atomic E-state index is -0.913. The normalized spacial score (nSPS) is 12.6. The van der Waals surface area contributed by atoms with Gasteiger partial charge in [0.2, 0.25) is 0 Å². The summed E-state index contributed by atoms with van der Waals surface area (Å²) in [4.78, 5) is 30.2. The van der Waals surface area contributed by atoms with Crippen molar-refractivity contribution in [2.75, 3.05) is 36.0 Å². The number of nitrogens with two attached hydrogens (primary N) is 3. The molecule has 0 spiro atoms. The predicted octanol–water partition coefficient (Wildman–Crippen LogP) is 0.452. The van der Waals surface area contributed by atoms with E-state index in [0.29, 0.717) is 19.3 Å². The van der Waals surface area contributed by atoms with Gasteiger partial charge in [0, 0.05) is 17.4 Å². The van der Waals surface area contributed by atoms with Crippen molar-refractivity contribution in [3.05, 3.63) is 0 Å². The molecule has 9 N–H and O–H groups in total. The first-order chi connectivity index (χ1) is 12.5. The maximum Gasteiger partial charge on any atom is 0.320 e. The molecule has 3 atom stereocenters. The van der Waals surface area contributed by atoms with Crippen LogP contribution in [0.5, 0.6) is 0 Å². The van der Waals surface area contributed by atoms with Gasteiger partial charge in [-0.3, -0.25) is 14.4 Å². The first kappa shape index (κ1) is 35.3. The molecule has 0 bridgehead atoms. The standard InChI is InChI=1S/3C5H11NO2S.Cr/c3*1-9-3-2-4(6)5(7)8;/h3*4H,2-3,6H2,1H3,(H,7,8);. The van der Waals surface area contributed by atoms with Gasteiger partial charge in [0.25, 0.3) is 0 Å². The second-order valence-corrected chi connectivity index (χ2v) is 8.14. The van der Waals surface area contributed by atoms with Gasteiger partial charge in [0.15, 0.2) is 0 Å². The van der Waals surface area contributed by atoms with Crippen molar-refractivity contribution in [2.24, 2.45) is 17.2 Å². The summed E-state index contributed by atoms with van der Waals surface area (Å²) in [6.07, 6.45) is 7.43. The molecule has 0 saturated carbocycles. The first-order valence-corrected chi connectivity index (χ1v) is 12.1. The smallest absolute Gasteiger partial charge is 0.320 e. The molecule has 9 nitrogen and oxygen atoms in total. The van der Waals surface area contributed by atoms with Crippen LogP contribution >= 0.6 is 35.3 Å².